The second-order valence-corrected chi connectivity index (χ2v) is 7.43. The lowest BCUT2D eigenvalue weighted by Crippen LogP contribution is -2.48. The highest BCUT2D eigenvalue weighted by Gasteiger charge is 2.27. The molecular formula is C16H31N3O2. The number of nitrogens with zero attached hydrogens (tertiary/aromatic N) is 2. The Morgan fingerprint density at radius 2 is 1.86 bits per heavy atom. The van der Waals surface area contributed by atoms with Crippen LogP contribution in [0.5, 0.6) is 0 Å². The number of carbonyl (C=O) groups excluding carboxylic acids is 1. The van der Waals surface area contributed by atoms with Crippen LogP contribution >= 0.6 is 0 Å². The predicted molar refractivity (Wildman–Crippen MR) is 84.5 cm³/mol. The number of rotatable bonds is 3. The number of nitrogens with one attached hydrogen (secondary N) is 1. The van der Waals surface area contributed by atoms with Gasteiger partial charge in [0.2, 0.25) is 0 Å². The molecule has 122 valence electrons. The second-order valence-electron chi connectivity index (χ2n) is 7.43. The summed E-state index contributed by atoms with van der Waals surface area (Å²) in [4.78, 5) is 16.3. The van der Waals surface area contributed by atoms with E-state index in [4.69, 9.17) is 4.74 Å². The van der Waals surface area contributed by atoms with Crippen molar-refractivity contribution in [2.75, 3.05) is 33.2 Å². The maximum absolute atomic E-state index is 12.0. The molecule has 0 aromatic rings. The first-order valence-corrected chi connectivity index (χ1v) is 8.27. The number of amides is 1. The standard InChI is InChI=1S/C16H31N3O2/c1-16(2,3)21-15(20)19-10-7-13(8-11-19)17-12-14-6-5-9-18(14)4/h13-14,17H,5-12H2,1-4H3. The summed E-state index contributed by atoms with van der Waals surface area (Å²) in [7, 11) is 2.21. The first kappa shape index (κ1) is 16.6. The highest BCUT2D eigenvalue weighted by molar-refractivity contribution is 5.68. The van der Waals surface area contributed by atoms with Crippen LogP contribution in [0.1, 0.15) is 46.5 Å². The Hall–Kier alpha value is -0.810. The highest BCUT2D eigenvalue weighted by atomic mass is 16.6. The van der Waals surface area contributed by atoms with Gasteiger partial charge in [0, 0.05) is 31.7 Å². The molecule has 5 heteroatoms. The van der Waals surface area contributed by atoms with E-state index in [0.717, 1.165) is 32.5 Å². The number of hydrogen-bond donors (Lipinski definition) is 1. The van der Waals surface area contributed by atoms with E-state index in [0.29, 0.717) is 12.1 Å². The zero-order valence-electron chi connectivity index (χ0n) is 14.0. The normalized spacial score (nSPS) is 25.3. The number of likely N-dealkylation sites (N-methyl/N-ethyl adjacent to an activating group) is 1. The van der Waals surface area contributed by atoms with E-state index in [-0.39, 0.29) is 6.09 Å². The van der Waals surface area contributed by atoms with Gasteiger partial charge in [-0.3, -0.25) is 0 Å². The van der Waals surface area contributed by atoms with Crippen molar-refractivity contribution in [2.45, 2.75) is 64.1 Å². The first-order chi connectivity index (χ1) is 9.85. The fourth-order valence-corrected chi connectivity index (χ4v) is 3.13. The largest absolute Gasteiger partial charge is 0.444 e. The molecule has 21 heavy (non-hydrogen) atoms. The molecule has 0 radical (unpaired) electrons. The van der Waals surface area contributed by atoms with Gasteiger partial charge in [0.05, 0.1) is 0 Å². The summed E-state index contributed by atoms with van der Waals surface area (Å²) < 4.78 is 5.43. The number of piperidine rings is 1. The van der Waals surface area contributed by atoms with Crippen molar-refractivity contribution in [1.82, 2.24) is 15.1 Å². The van der Waals surface area contributed by atoms with Gasteiger partial charge in [0.25, 0.3) is 0 Å². The van der Waals surface area contributed by atoms with E-state index in [1.54, 1.807) is 0 Å². The van der Waals surface area contributed by atoms with Crippen molar-refractivity contribution < 1.29 is 9.53 Å². The van der Waals surface area contributed by atoms with Crippen LogP contribution in [0.25, 0.3) is 0 Å². The molecule has 2 heterocycles. The van der Waals surface area contributed by atoms with Gasteiger partial charge in [0.15, 0.2) is 0 Å². The average molecular weight is 297 g/mol. The Bertz CT molecular complexity index is 346. The minimum Gasteiger partial charge on any atom is -0.444 e. The molecule has 2 aliphatic rings. The van der Waals surface area contributed by atoms with Crippen LogP contribution in [0.3, 0.4) is 0 Å². The molecule has 0 aliphatic carbocycles. The van der Waals surface area contributed by atoms with E-state index in [1.807, 2.05) is 25.7 Å². The van der Waals surface area contributed by atoms with Crippen LogP contribution in [0.4, 0.5) is 4.79 Å². The van der Waals surface area contributed by atoms with E-state index < -0.39 is 5.60 Å². The topological polar surface area (TPSA) is 44.8 Å². The summed E-state index contributed by atoms with van der Waals surface area (Å²) in [5.41, 5.74) is -0.404. The smallest absolute Gasteiger partial charge is 0.410 e. The van der Waals surface area contributed by atoms with E-state index in [2.05, 4.69) is 17.3 Å². The Kier molecular flexibility index (Phi) is 5.49. The number of carbonyl (C=O) groups is 1. The maximum Gasteiger partial charge on any atom is 0.410 e. The van der Waals surface area contributed by atoms with E-state index in [9.17, 15) is 4.79 Å². The first-order valence-electron chi connectivity index (χ1n) is 8.27. The van der Waals surface area contributed by atoms with Crippen molar-refractivity contribution in [3.63, 3.8) is 0 Å². The third kappa shape index (κ3) is 5.15. The minimum atomic E-state index is -0.404. The van der Waals surface area contributed by atoms with Gasteiger partial charge in [0.1, 0.15) is 5.60 Å². The summed E-state index contributed by atoms with van der Waals surface area (Å²) in [6, 6.07) is 1.23. The molecule has 1 atom stereocenters. The van der Waals surface area contributed by atoms with Crippen molar-refractivity contribution in [3.8, 4) is 0 Å². The summed E-state index contributed by atoms with van der Waals surface area (Å²) in [6.07, 6.45) is 4.50. The highest BCUT2D eigenvalue weighted by Crippen LogP contribution is 2.17. The van der Waals surface area contributed by atoms with Crippen LogP contribution in [-0.4, -0.2) is 66.8 Å². The van der Waals surface area contributed by atoms with Crippen molar-refractivity contribution in [3.05, 3.63) is 0 Å². The zero-order chi connectivity index (χ0) is 15.5. The average Bonchev–Trinajstić information content (AvgIpc) is 2.80. The molecule has 0 spiro atoms. The molecule has 0 saturated carbocycles. The number of likely N-dealkylation sites (tertiary alicyclic amines) is 2. The van der Waals surface area contributed by atoms with Crippen molar-refractivity contribution in [2.24, 2.45) is 0 Å². The summed E-state index contributed by atoms with van der Waals surface area (Å²) in [5, 5.41) is 3.68. The molecule has 1 amide bonds. The molecule has 5 nitrogen and oxygen atoms in total. The van der Waals surface area contributed by atoms with Gasteiger partial charge in [-0.05, 0) is 60.0 Å². The predicted octanol–water partition coefficient (Wildman–Crippen LogP) is 2.07. The van der Waals surface area contributed by atoms with Crippen LogP contribution < -0.4 is 5.32 Å². The quantitative estimate of drug-likeness (QED) is 0.866. The fraction of sp³-hybridized carbons (Fsp3) is 0.938. The third-order valence-electron chi connectivity index (χ3n) is 4.46. The van der Waals surface area contributed by atoms with Gasteiger partial charge in [-0.25, -0.2) is 4.79 Å². The molecule has 2 fully saturated rings. The number of ether oxygens (including phenoxy) is 1. The molecule has 1 N–H and O–H groups in total. The molecule has 2 saturated heterocycles. The Balaban J connectivity index is 1.67. The van der Waals surface area contributed by atoms with Crippen LogP contribution in [0.2, 0.25) is 0 Å². The Morgan fingerprint density at radius 3 is 2.38 bits per heavy atom. The monoisotopic (exact) mass is 297 g/mol. The minimum absolute atomic E-state index is 0.170. The molecule has 2 rings (SSSR count). The summed E-state index contributed by atoms with van der Waals surface area (Å²) >= 11 is 0. The van der Waals surface area contributed by atoms with Gasteiger partial charge in [-0.2, -0.15) is 0 Å². The molecule has 0 bridgehead atoms. The van der Waals surface area contributed by atoms with Crippen molar-refractivity contribution in [1.29, 1.82) is 0 Å². The SMILES string of the molecule is CN1CCCC1CNC1CCN(C(=O)OC(C)(C)C)CC1. The lowest BCUT2D eigenvalue weighted by molar-refractivity contribution is 0.0197. The van der Waals surface area contributed by atoms with Gasteiger partial charge >= 0.3 is 6.09 Å². The lowest BCUT2D eigenvalue weighted by atomic mass is 10.0. The molecular weight excluding hydrogens is 266 g/mol. The van der Waals surface area contributed by atoms with Crippen LogP contribution in [0, 0.1) is 0 Å². The van der Waals surface area contributed by atoms with Gasteiger partial charge < -0.3 is 19.9 Å². The molecule has 2 aliphatic heterocycles. The Morgan fingerprint density at radius 1 is 1.19 bits per heavy atom. The van der Waals surface area contributed by atoms with Crippen molar-refractivity contribution >= 4 is 6.09 Å². The van der Waals surface area contributed by atoms with E-state index >= 15 is 0 Å². The third-order valence-corrected chi connectivity index (χ3v) is 4.46. The van der Waals surface area contributed by atoms with Crippen LogP contribution in [-0.2, 0) is 4.74 Å². The van der Waals surface area contributed by atoms with E-state index in [1.165, 1.54) is 19.4 Å². The summed E-state index contributed by atoms with van der Waals surface area (Å²) in [6.45, 7) is 9.64. The number of hydrogen-bond acceptors (Lipinski definition) is 4. The second kappa shape index (κ2) is 6.97. The molecule has 0 aromatic heterocycles. The van der Waals surface area contributed by atoms with Gasteiger partial charge in [-0.1, -0.05) is 0 Å². The molecule has 1 unspecified atom stereocenters. The van der Waals surface area contributed by atoms with Crippen LogP contribution in [0.15, 0.2) is 0 Å². The van der Waals surface area contributed by atoms with Gasteiger partial charge in [-0.15, -0.1) is 0 Å². The lowest BCUT2D eigenvalue weighted by Gasteiger charge is -2.34. The molecule has 0 aromatic carbocycles. The Labute approximate surface area is 129 Å². The fourth-order valence-electron chi connectivity index (χ4n) is 3.13. The summed E-state index contributed by atoms with van der Waals surface area (Å²) in [5.74, 6) is 0. The zero-order valence-corrected chi connectivity index (χ0v) is 14.0. The maximum atomic E-state index is 12.0.